The quantitative estimate of drug-likeness (QED) is 0.445. The lowest BCUT2D eigenvalue weighted by Gasteiger charge is -2.14. The highest BCUT2D eigenvalue weighted by Crippen LogP contribution is 2.26. The van der Waals surface area contributed by atoms with Crippen LogP contribution in [0.25, 0.3) is 0 Å². The molecular weight excluding hydrogens is 252 g/mol. The van der Waals surface area contributed by atoms with Crippen molar-refractivity contribution in [1.29, 1.82) is 0 Å². The van der Waals surface area contributed by atoms with E-state index in [2.05, 4.69) is 11.9 Å². The van der Waals surface area contributed by atoms with Crippen molar-refractivity contribution in [2.75, 3.05) is 12.4 Å². The van der Waals surface area contributed by atoms with Crippen LogP contribution in [-0.4, -0.2) is 29.2 Å². The van der Waals surface area contributed by atoms with Gasteiger partial charge in [-0.25, -0.2) is 4.79 Å². The summed E-state index contributed by atoms with van der Waals surface area (Å²) in [6, 6.07) is 3.10. The second-order valence-electron chi connectivity index (χ2n) is 3.74. The standard InChI is InChI=1S/C12H14N2O5/c1-3-4-11(12(15)16)13-8-5-9(14(17)18)7-10(6-8)19-2/h3,5-7,11,13H,1,4H2,2H3,(H,15,16). The lowest BCUT2D eigenvalue weighted by atomic mass is 10.2. The molecule has 7 nitrogen and oxygen atoms in total. The molecule has 0 radical (unpaired) electrons. The molecule has 1 aromatic rings. The predicted octanol–water partition coefficient (Wildman–Crippen LogP) is 2.04. The van der Waals surface area contributed by atoms with Crippen LogP contribution in [-0.2, 0) is 4.79 Å². The van der Waals surface area contributed by atoms with Gasteiger partial charge < -0.3 is 15.2 Å². The Morgan fingerprint density at radius 2 is 2.32 bits per heavy atom. The van der Waals surface area contributed by atoms with Crippen LogP contribution in [0.3, 0.4) is 0 Å². The number of carbonyl (C=O) groups is 1. The smallest absolute Gasteiger partial charge is 0.326 e. The van der Waals surface area contributed by atoms with E-state index in [0.29, 0.717) is 5.69 Å². The number of ether oxygens (including phenoxy) is 1. The van der Waals surface area contributed by atoms with E-state index in [0.717, 1.165) is 0 Å². The van der Waals surface area contributed by atoms with Crippen LogP contribution in [0.2, 0.25) is 0 Å². The van der Waals surface area contributed by atoms with Gasteiger partial charge in [-0.15, -0.1) is 6.58 Å². The number of carboxylic acid groups (broad SMARTS) is 1. The Bertz CT molecular complexity index is 501. The number of carboxylic acids is 1. The zero-order valence-electron chi connectivity index (χ0n) is 10.3. The average molecular weight is 266 g/mol. The third kappa shape index (κ3) is 3.98. The van der Waals surface area contributed by atoms with Gasteiger partial charge in [-0.05, 0) is 6.42 Å². The van der Waals surface area contributed by atoms with Gasteiger partial charge >= 0.3 is 5.97 Å². The number of nitrogens with zero attached hydrogens (tertiary/aromatic N) is 1. The Morgan fingerprint density at radius 3 is 2.79 bits per heavy atom. The van der Waals surface area contributed by atoms with Gasteiger partial charge in [0.05, 0.1) is 18.1 Å². The summed E-state index contributed by atoms with van der Waals surface area (Å²) in [4.78, 5) is 21.2. The molecule has 0 aliphatic heterocycles. The third-order valence-corrected chi connectivity index (χ3v) is 2.38. The van der Waals surface area contributed by atoms with E-state index in [1.165, 1.54) is 31.4 Å². The fraction of sp³-hybridized carbons (Fsp3) is 0.250. The zero-order chi connectivity index (χ0) is 14.4. The highest BCUT2D eigenvalue weighted by molar-refractivity contribution is 5.78. The van der Waals surface area contributed by atoms with Crippen LogP contribution in [0.15, 0.2) is 30.9 Å². The number of nitro groups is 1. The monoisotopic (exact) mass is 266 g/mol. The minimum absolute atomic E-state index is 0.176. The first-order valence-electron chi connectivity index (χ1n) is 5.41. The summed E-state index contributed by atoms with van der Waals surface area (Å²) >= 11 is 0. The first-order valence-corrected chi connectivity index (χ1v) is 5.41. The van der Waals surface area contributed by atoms with Gasteiger partial charge in [0, 0.05) is 17.8 Å². The SMILES string of the molecule is C=CCC(Nc1cc(OC)cc([N+](=O)[O-])c1)C(=O)O. The Kier molecular flexibility index (Phi) is 4.87. The molecule has 1 unspecified atom stereocenters. The van der Waals surface area contributed by atoms with Crippen molar-refractivity contribution in [2.24, 2.45) is 0 Å². The maximum Gasteiger partial charge on any atom is 0.326 e. The van der Waals surface area contributed by atoms with Crippen LogP contribution in [0.1, 0.15) is 6.42 Å². The number of non-ortho nitro benzene ring substituents is 1. The Morgan fingerprint density at radius 1 is 1.63 bits per heavy atom. The number of hydrogen-bond acceptors (Lipinski definition) is 5. The highest BCUT2D eigenvalue weighted by atomic mass is 16.6. The molecule has 1 aromatic carbocycles. The number of nitro benzene ring substituents is 1. The van der Waals surface area contributed by atoms with Crippen molar-refractivity contribution in [2.45, 2.75) is 12.5 Å². The fourth-order valence-corrected chi connectivity index (χ4v) is 1.48. The molecule has 102 valence electrons. The molecule has 0 bridgehead atoms. The molecule has 7 heteroatoms. The van der Waals surface area contributed by atoms with Crippen LogP contribution in [0.4, 0.5) is 11.4 Å². The fourth-order valence-electron chi connectivity index (χ4n) is 1.48. The van der Waals surface area contributed by atoms with Gasteiger partial charge in [-0.3, -0.25) is 10.1 Å². The molecule has 0 saturated carbocycles. The topological polar surface area (TPSA) is 102 Å². The Labute approximate surface area is 109 Å². The van der Waals surface area contributed by atoms with E-state index in [9.17, 15) is 14.9 Å². The molecule has 0 aromatic heterocycles. The van der Waals surface area contributed by atoms with Crippen LogP contribution < -0.4 is 10.1 Å². The molecule has 19 heavy (non-hydrogen) atoms. The zero-order valence-corrected chi connectivity index (χ0v) is 10.3. The summed E-state index contributed by atoms with van der Waals surface area (Å²) in [5.41, 5.74) is 0.130. The van der Waals surface area contributed by atoms with Crippen molar-refractivity contribution in [1.82, 2.24) is 0 Å². The molecule has 1 atom stereocenters. The molecule has 0 amide bonds. The first-order chi connectivity index (χ1) is 8.97. The Balaban J connectivity index is 3.04. The van der Waals surface area contributed by atoms with Crippen molar-refractivity contribution < 1.29 is 19.6 Å². The second-order valence-corrected chi connectivity index (χ2v) is 3.74. The van der Waals surface area contributed by atoms with E-state index >= 15 is 0 Å². The first kappa shape index (κ1) is 14.5. The average Bonchev–Trinajstić information content (AvgIpc) is 2.37. The van der Waals surface area contributed by atoms with Crippen LogP contribution in [0, 0.1) is 10.1 Å². The molecule has 1 rings (SSSR count). The molecular formula is C12H14N2O5. The second kappa shape index (κ2) is 6.39. The molecule has 0 aliphatic carbocycles. The summed E-state index contributed by atoms with van der Waals surface area (Å²) in [5, 5.41) is 22.4. The van der Waals surface area contributed by atoms with Crippen LogP contribution >= 0.6 is 0 Å². The van der Waals surface area contributed by atoms with Crippen molar-refractivity contribution >= 4 is 17.3 Å². The van der Waals surface area contributed by atoms with E-state index < -0.39 is 16.9 Å². The molecule has 0 saturated heterocycles. The van der Waals surface area contributed by atoms with Gasteiger partial charge in [0.15, 0.2) is 0 Å². The Hall–Kier alpha value is -2.57. The minimum Gasteiger partial charge on any atom is -0.496 e. The summed E-state index contributed by atoms with van der Waals surface area (Å²) in [6.07, 6.45) is 1.65. The molecule has 0 fully saturated rings. The minimum atomic E-state index is -1.06. The molecule has 2 N–H and O–H groups in total. The maximum atomic E-state index is 11.0. The number of anilines is 1. The summed E-state index contributed by atoms with van der Waals surface area (Å²) in [6.45, 7) is 3.47. The number of aliphatic carboxylic acids is 1. The molecule has 0 heterocycles. The van der Waals surface area contributed by atoms with Crippen molar-refractivity contribution in [3.05, 3.63) is 41.0 Å². The summed E-state index contributed by atoms with van der Waals surface area (Å²) in [5.74, 6) is -0.787. The van der Waals surface area contributed by atoms with Gasteiger partial charge in [-0.2, -0.15) is 0 Å². The molecule has 0 aliphatic rings. The summed E-state index contributed by atoms with van der Waals surface area (Å²) in [7, 11) is 1.38. The summed E-state index contributed by atoms with van der Waals surface area (Å²) < 4.78 is 4.94. The lowest BCUT2D eigenvalue weighted by Crippen LogP contribution is -2.28. The highest BCUT2D eigenvalue weighted by Gasteiger charge is 2.17. The number of rotatable bonds is 7. The van der Waals surface area contributed by atoms with E-state index in [4.69, 9.17) is 9.84 Å². The largest absolute Gasteiger partial charge is 0.496 e. The normalized spacial score (nSPS) is 11.4. The van der Waals surface area contributed by atoms with Crippen molar-refractivity contribution in [3.8, 4) is 5.75 Å². The van der Waals surface area contributed by atoms with Gasteiger partial charge in [-0.1, -0.05) is 6.08 Å². The predicted molar refractivity (Wildman–Crippen MR) is 69.5 cm³/mol. The van der Waals surface area contributed by atoms with Crippen molar-refractivity contribution in [3.63, 3.8) is 0 Å². The molecule has 0 spiro atoms. The van der Waals surface area contributed by atoms with E-state index in [-0.39, 0.29) is 17.9 Å². The number of hydrogen-bond donors (Lipinski definition) is 2. The third-order valence-electron chi connectivity index (χ3n) is 2.38. The van der Waals surface area contributed by atoms with Gasteiger partial charge in [0.25, 0.3) is 5.69 Å². The van der Waals surface area contributed by atoms with E-state index in [1.807, 2.05) is 0 Å². The lowest BCUT2D eigenvalue weighted by molar-refractivity contribution is -0.384. The number of methoxy groups -OCH3 is 1. The van der Waals surface area contributed by atoms with E-state index in [1.54, 1.807) is 0 Å². The van der Waals surface area contributed by atoms with Gasteiger partial charge in [0.1, 0.15) is 11.8 Å². The maximum absolute atomic E-state index is 11.0. The number of nitrogens with one attached hydrogen (secondary N) is 1. The van der Waals surface area contributed by atoms with Crippen LogP contribution in [0.5, 0.6) is 5.75 Å². The number of benzene rings is 1. The van der Waals surface area contributed by atoms with Gasteiger partial charge in [0.2, 0.25) is 0 Å².